The summed E-state index contributed by atoms with van der Waals surface area (Å²) in [5.74, 6) is -0.847. The van der Waals surface area contributed by atoms with Gasteiger partial charge in [0.1, 0.15) is 19.8 Å². The first-order chi connectivity index (χ1) is 19.2. The molecule has 1 aliphatic rings. The maximum atomic E-state index is 14.3. The quantitative estimate of drug-likeness (QED) is 0.250. The number of alkyl halides is 3. The molecule has 0 aliphatic carbocycles. The van der Waals surface area contributed by atoms with E-state index in [1.54, 1.807) is 6.92 Å². The Balaban J connectivity index is 1.76. The molecule has 41 heavy (non-hydrogen) atoms. The number of halogens is 3. The molecule has 0 bridgehead atoms. The molecule has 1 N–H and O–H groups in total. The van der Waals surface area contributed by atoms with Crippen LogP contribution in [0.3, 0.4) is 0 Å². The number of carbonyl (C=O) groups excluding carboxylic acids is 1. The van der Waals surface area contributed by atoms with E-state index in [-0.39, 0.29) is 53.2 Å². The summed E-state index contributed by atoms with van der Waals surface area (Å²) in [7, 11) is -2.04. The molecule has 7 nitrogen and oxygen atoms in total. The number of aryl methyl sites for hydroxylation is 2. The Hall–Kier alpha value is -2.88. The van der Waals surface area contributed by atoms with Gasteiger partial charge in [0.2, 0.25) is 5.30 Å². The largest absolute Gasteiger partial charge is 0.461 e. The summed E-state index contributed by atoms with van der Waals surface area (Å²) in [5, 5.41) is -0.0524. The van der Waals surface area contributed by atoms with E-state index in [1.165, 1.54) is 25.1 Å². The highest BCUT2D eigenvalue weighted by Crippen LogP contribution is 2.62. The van der Waals surface area contributed by atoms with Crippen molar-refractivity contribution in [2.24, 2.45) is 5.41 Å². The van der Waals surface area contributed by atoms with E-state index >= 15 is 0 Å². The summed E-state index contributed by atoms with van der Waals surface area (Å²) in [6.07, 6.45) is -4.74. The van der Waals surface area contributed by atoms with Crippen LogP contribution in [0.2, 0.25) is 0 Å². The lowest BCUT2D eigenvalue weighted by molar-refractivity contribution is -0.137. The molecule has 2 aromatic carbocycles. The summed E-state index contributed by atoms with van der Waals surface area (Å²) in [4.78, 5) is 31.7. The fourth-order valence-electron chi connectivity index (χ4n) is 4.72. The van der Waals surface area contributed by atoms with E-state index in [0.29, 0.717) is 13.1 Å². The lowest BCUT2D eigenvalue weighted by Gasteiger charge is -2.33. The number of benzene rings is 2. The molecule has 1 aliphatic heterocycles. The molecular weight excluding hydrogens is 556 g/mol. The Bertz CT molecular complexity index is 1390. The van der Waals surface area contributed by atoms with Gasteiger partial charge in [-0.15, -0.1) is 0 Å². The average molecular weight is 592 g/mol. The third-order valence-corrected chi connectivity index (χ3v) is 8.85. The molecule has 4 rings (SSSR count). The molecule has 220 valence electrons. The summed E-state index contributed by atoms with van der Waals surface area (Å²) in [5.41, 5.74) is -0.512. The van der Waals surface area contributed by atoms with Crippen molar-refractivity contribution in [1.29, 1.82) is 0 Å². The Labute approximate surface area is 238 Å². The molecule has 0 saturated carbocycles. The minimum atomic E-state index is -4.74. The summed E-state index contributed by atoms with van der Waals surface area (Å²) in [6.45, 7) is 8.08. The second-order valence-electron chi connectivity index (χ2n) is 11.0. The first-order valence-electron chi connectivity index (χ1n) is 13.2. The Morgan fingerprint density at radius 3 is 2.29 bits per heavy atom. The topological polar surface area (TPSA) is 81.1 Å². The van der Waals surface area contributed by atoms with Crippen LogP contribution in [0.15, 0.2) is 54.6 Å². The van der Waals surface area contributed by atoms with Crippen molar-refractivity contribution in [3.8, 4) is 11.1 Å². The van der Waals surface area contributed by atoms with E-state index in [9.17, 15) is 22.9 Å². The third-order valence-electron chi connectivity index (χ3n) is 6.78. The zero-order valence-electron chi connectivity index (χ0n) is 23.8. The van der Waals surface area contributed by atoms with Gasteiger partial charge >= 0.3 is 20.1 Å². The number of ether oxygens (including phenoxy) is 1. The van der Waals surface area contributed by atoms with Gasteiger partial charge in [0.15, 0.2) is 0 Å². The highest BCUT2D eigenvalue weighted by Gasteiger charge is 2.55. The van der Waals surface area contributed by atoms with Crippen LogP contribution < -0.4 is 5.30 Å². The average Bonchev–Trinajstić information content (AvgIpc) is 2.90. The van der Waals surface area contributed by atoms with Crippen LogP contribution in [0.1, 0.15) is 46.7 Å². The van der Waals surface area contributed by atoms with Crippen molar-refractivity contribution in [1.82, 2.24) is 9.88 Å². The predicted molar refractivity (Wildman–Crippen MR) is 152 cm³/mol. The number of carbonyl (C=O) groups is 1. The van der Waals surface area contributed by atoms with Crippen molar-refractivity contribution in [2.45, 2.75) is 40.4 Å². The maximum Gasteiger partial charge on any atom is 0.448 e. The summed E-state index contributed by atoms with van der Waals surface area (Å²) < 4.78 is 60.1. The SMILES string of the molecule is Cc1nc(C)c([P+]2(O)OCC(C)(C)CO2)c(-c2ccccc2C(F)(F)F)c1C(=O)OCCN(C)Cc1ccccc1. The predicted octanol–water partition coefficient (Wildman–Crippen LogP) is 6.13. The number of rotatable bonds is 8. The number of hydrogen-bond donors (Lipinski definition) is 1. The van der Waals surface area contributed by atoms with Crippen molar-refractivity contribution in [3.63, 3.8) is 0 Å². The minimum Gasteiger partial charge on any atom is -0.461 e. The van der Waals surface area contributed by atoms with Crippen LogP contribution in [-0.2, 0) is 26.5 Å². The number of likely N-dealkylation sites (N-methyl/N-ethyl adjacent to an activating group) is 1. The van der Waals surface area contributed by atoms with Crippen molar-refractivity contribution in [2.75, 3.05) is 33.4 Å². The Morgan fingerprint density at radius 1 is 1.05 bits per heavy atom. The van der Waals surface area contributed by atoms with Gasteiger partial charge in [0.05, 0.1) is 28.1 Å². The Kier molecular flexibility index (Phi) is 9.21. The molecule has 1 aromatic heterocycles. The van der Waals surface area contributed by atoms with Crippen molar-refractivity contribution in [3.05, 3.63) is 82.7 Å². The lowest BCUT2D eigenvalue weighted by Crippen LogP contribution is -2.37. The van der Waals surface area contributed by atoms with Crippen LogP contribution in [0.5, 0.6) is 0 Å². The van der Waals surface area contributed by atoms with E-state index in [4.69, 9.17) is 13.8 Å². The number of esters is 1. The molecule has 0 unspecified atom stereocenters. The summed E-state index contributed by atoms with van der Waals surface area (Å²) in [6, 6.07) is 14.7. The van der Waals surface area contributed by atoms with Gasteiger partial charge in [-0.2, -0.15) is 27.1 Å². The van der Waals surface area contributed by atoms with Crippen LogP contribution in [-0.4, -0.2) is 54.2 Å². The van der Waals surface area contributed by atoms with Gasteiger partial charge in [-0.1, -0.05) is 62.4 Å². The zero-order chi connectivity index (χ0) is 30.0. The zero-order valence-corrected chi connectivity index (χ0v) is 24.7. The molecule has 1 saturated heterocycles. The first kappa shape index (κ1) is 31.1. The number of nitrogens with zero attached hydrogens (tertiary/aromatic N) is 2. The molecule has 2 heterocycles. The van der Waals surface area contributed by atoms with Gasteiger partial charge in [0.25, 0.3) is 0 Å². The fraction of sp³-hybridized carbons (Fsp3) is 0.400. The number of hydrogen-bond acceptors (Lipinski definition) is 7. The smallest absolute Gasteiger partial charge is 0.448 e. The van der Waals surface area contributed by atoms with Crippen LogP contribution in [0, 0.1) is 19.3 Å². The molecule has 0 radical (unpaired) electrons. The van der Waals surface area contributed by atoms with Crippen molar-refractivity contribution >= 4 is 19.2 Å². The van der Waals surface area contributed by atoms with Crippen LogP contribution in [0.25, 0.3) is 11.1 Å². The van der Waals surface area contributed by atoms with Crippen LogP contribution >= 0.6 is 7.94 Å². The summed E-state index contributed by atoms with van der Waals surface area (Å²) >= 11 is 0. The highest BCUT2D eigenvalue weighted by molar-refractivity contribution is 7.69. The number of pyridine rings is 1. The molecule has 0 atom stereocenters. The van der Waals surface area contributed by atoms with E-state index in [2.05, 4.69) is 4.98 Å². The van der Waals surface area contributed by atoms with Crippen molar-refractivity contribution < 1.29 is 36.6 Å². The number of aromatic nitrogens is 1. The van der Waals surface area contributed by atoms with E-state index in [0.717, 1.165) is 11.6 Å². The monoisotopic (exact) mass is 591 g/mol. The highest BCUT2D eigenvalue weighted by atomic mass is 31.2. The molecule has 0 spiro atoms. The molecule has 1 fully saturated rings. The van der Waals surface area contributed by atoms with Gasteiger partial charge in [-0.25, -0.2) is 4.79 Å². The Morgan fingerprint density at radius 2 is 1.66 bits per heavy atom. The molecule has 3 aromatic rings. The maximum absolute atomic E-state index is 14.3. The minimum absolute atomic E-state index is 0.00816. The molecule has 0 amide bonds. The standard InChI is InChI=1S/C30H35F3N2O5P/c1-20-25(28(36)38-16-15-35(5)17-22-11-7-6-8-12-22)26(23-13-9-10-14-24(23)30(31,32)33)27(21(2)34-20)41(37)39-18-29(3,4)19-40-41/h6-14,37H,15-19H2,1-5H3/q+1. The van der Waals surface area contributed by atoms with Crippen LogP contribution in [0.4, 0.5) is 13.2 Å². The van der Waals surface area contributed by atoms with E-state index < -0.39 is 31.1 Å². The van der Waals surface area contributed by atoms with Gasteiger partial charge < -0.3 is 4.74 Å². The second kappa shape index (κ2) is 12.2. The second-order valence-corrected chi connectivity index (χ2v) is 13.0. The first-order valence-corrected chi connectivity index (χ1v) is 14.8. The van der Waals surface area contributed by atoms with Gasteiger partial charge in [-0.3, -0.25) is 9.88 Å². The third kappa shape index (κ3) is 7.13. The lowest BCUT2D eigenvalue weighted by atomic mass is 9.93. The normalized spacial score (nSPS) is 16.5. The van der Waals surface area contributed by atoms with Gasteiger partial charge in [0, 0.05) is 18.5 Å². The molecule has 11 heteroatoms. The molecular formula is C30H35F3N2O5P+. The van der Waals surface area contributed by atoms with Gasteiger partial charge in [-0.05, 0) is 38.1 Å². The fourth-order valence-corrected chi connectivity index (χ4v) is 7.08. The van der Waals surface area contributed by atoms with E-state index in [1.807, 2.05) is 56.1 Å².